The molecule has 0 saturated carbocycles. The smallest absolute Gasteiger partial charge is 0.176 e. The molecule has 126 valence electrons. The van der Waals surface area contributed by atoms with E-state index in [1.807, 2.05) is 18.2 Å². The Labute approximate surface area is 141 Å². The van der Waals surface area contributed by atoms with Gasteiger partial charge in [-0.25, -0.2) is 4.98 Å². The molecule has 1 aromatic carbocycles. The summed E-state index contributed by atoms with van der Waals surface area (Å²) in [6, 6.07) is 8.01. The fraction of sp³-hybridized carbons (Fsp3) is 0.421. The Hall–Kier alpha value is -2.27. The number of nitrogens with zero attached hydrogens (tertiary/aromatic N) is 2. The van der Waals surface area contributed by atoms with Gasteiger partial charge in [0.15, 0.2) is 11.3 Å². The van der Waals surface area contributed by atoms with Crippen LogP contribution >= 0.6 is 0 Å². The molecule has 1 aliphatic heterocycles. The van der Waals surface area contributed by atoms with Gasteiger partial charge in [-0.15, -0.1) is 0 Å². The molecule has 5 nitrogen and oxygen atoms in total. The van der Waals surface area contributed by atoms with Crippen LogP contribution in [0.15, 0.2) is 34.9 Å². The summed E-state index contributed by atoms with van der Waals surface area (Å²) < 4.78 is 13.6. The molecule has 5 heteroatoms. The maximum absolute atomic E-state index is 5.90. The maximum Gasteiger partial charge on any atom is 0.176 e. The first-order chi connectivity index (χ1) is 11.8. The molecule has 0 saturated heterocycles. The topological polar surface area (TPSA) is 52.2 Å². The van der Waals surface area contributed by atoms with Crippen molar-refractivity contribution in [3.05, 3.63) is 47.7 Å². The zero-order valence-electron chi connectivity index (χ0n) is 14.0. The van der Waals surface area contributed by atoms with E-state index in [0.717, 1.165) is 48.4 Å². The first-order valence-corrected chi connectivity index (χ1v) is 8.64. The third kappa shape index (κ3) is 3.04. The Balaban J connectivity index is 1.33. The van der Waals surface area contributed by atoms with E-state index in [0.29, 0.717) is 6.54 Å². The van der Waals surface area contributed by atoms with Crippen molar-refractivity contribution >= 4 is 11.0 Å². The predicted molar refractivity (Wildman–Crippen MR) is 93.3 cm³/mol. The number of ether oxygens (including phenoxy) is 1. The normalized spacial score (nSPS) is 14.0. The Morgan fingerprint density at radius 1 is 1.33 bits per heavy atom. The van der Waals surface area contributed by atoms with Crippen molar-refractivity contribution in [3.63, 3.8) is 0 Å². The van der Waals surface area contributed by atoms with Gasteiger partial charge in [0.2, 0.25) is 0 Å². The summed E-state index contributed by atoms with van der Waals surface area (Å²) in [6.07, 6.45) is 6.82. The number of fused-ring (bicyclic) bond motifs is 2. The minimum absolute atomic E-state index is 0.714. The van der Waals surface area contributed by atoms with E-state index in [2.05, 4.69) is 22.1 Å². The van der Waals surface area contributed by atoms with Crippen molar-refractivity contribution in [2.24, 2.45) is 0 Å². The van der Waals surface area contributed by atoms with Gasteiger partial charge in [-0.3, -0.25) is 0 Å². The highest BCUT2D eigenvalue weighted by Gasteiger charge is 2.12. The lowest BCUT2D eigenvalue weighted by atomic mass is 10.2. The van der Waals surface area contributed by atoms with E-state index in [9.17, 15) is 0 Å². The molecule has 0 unspecified atom stereocenters. The molecule has 0 fully saturated rings. The van der Waals surface area contributed by atoms with Crippen LogP contribution in [0, 0.1) is 0 Å². The summed E-state index contributed by atoms with van der Waals surface area (Å²) >= 11 is 0. The largest absolute Gasteiger partial charge is 0.493 e. The lowest BCUT2D eigenvalue weighted by molar-refractivity contribution is 0.406. The molecule has 0 spiro atoms. The van der Waals surface area contributed by atoms with Crippen LogP contribution in [0.4, 0.5) is 0 Å². The van der Waals surface area contributed by atoms with Crippen LogP contribution in [0.5, 0.6) is 5.75 Å². The summed E-state index contributed by atoms with van der Waals surface area (Å²) in [5.74, 6) is 2.96. The number of imidazole rings is 1. The molecule has 0 amide bonds. The second-order valence-electron chi connectivity index (χ2n) is 6.32. The van der Waals surface area contributed by atoms with E-state index < -0.39 is 0 Å². The van der Waals surface area contributed by atoms with Crippen LogP contribution in [-0.4, -0.2) is 23.2 Å². The molecule has 0 radical (unpaired) electrons. The Morgan fingerprint density at radius 3 is 3.17 bits per heavy atom. The van der Waals surface area contributed by atoms with Gasteiger partial charge in [0.25, 0.3) is 0 Å². The van der Waals surface area contributed by atoms with Crippen molar-refractivity contribution in [1.29, 1.82) is 0 Å². The number of hydrogen-bond donors (Lipinski definition) is 1. The molecule has 3 aromatic rings. The molecule has 4 rings (SSSR count). The third-order valence-corrected chi connectivity index (χ3v) is 4.59. The van der Waals surface area contributed by atoms with E-state index in [1.54, 1.807) is 7.11 Å². The number of benzene rings is 1. The van der Waals surface area contributed by atoms with E-state index >= 15 is 0 Å². The van der Waals surface area contributed by atoms with Gasteiger partial charge in [0, 0.05) is 37.5 Å². The summed E-state index contributed by atoms with van der Waals surface area (Å²) in [5, 5.41) is 4.52. The Morgan fingerprint density at radius 2 is 2.29 bits per heavy atom. The minimum atomic E-state index is 0.714. The standard InChI is InChI=1S/C19H23N3O2/c1-23-17-6-4-5-14-11-16(24-19(14)17)12-20-9-8-15-13-22-10-3-2-7-18(22)21-15/h4-6,11,13,20H,2-3,7-10,12H2,1H3. The molecular weight excluding hydrogens is 302 g/mol. The number of aromatic nitrogens is 2. The van der Waals surface area contributed by atoms with Gasteiger partial charge >= 0.3 is 0 Å². The first-order valence-electron chi connectivity index (χ1n) is 8.64. The highest BCUT2D eigenvalue weighted by atomic mass is 16.5. The summed E-state index contributed by atoms with van der Waals surface area (Å²) in [5.41, 5.74) is 2.00. The second-order valence-corrected chi connectivity index (χ2v) is 6.32. The Kier molecular flexibility index (Phi) is 4.26. The fourth-order valence-electron chi connectivity index (χ4n) is 3.36. The molecule has 3 heterocycles. The van der Waals surface area contributed by atoms with Gasteiger partial charge in [-0.05, 0) is 25.0 Å². The van der Waals surface area contributed by atoms with E-state index in [-0.39, 0.29) is 0 Å². The summed E-state index contributed by atoms with van der Waals surface area (Å²) in [4.78, 5) is 4.74. The first kappa shape index (κ1) is 15.3. The summed E-state index contributed by atoms with van der Waals surface area (Å²) in [6.45, 7) is 2.73. The van der Waals surface area contributed by atoms with Crippen LogP contribution in [0.1, 0.15) is 30.1 Å². The summed E-state index contributed by atoms with van der Waals surface area (Å²) in [7, 11) is 1.67. The predicted octanol–water partition coefficient (Wildman–Crippen LogP) is 3.31. The molecule has 1 aliphatic rings. The average molecular weight is 325 g/mol. The molecular formula is C19H23N3O2. The number of furan rings is 1. The van der Waals surface area contributed by atoms with Crippen molar-refractivity contribution in [1.82, 2.24) is 14.9 Å². The number of rotatable bonds is 6. The zero-order chi connectivity index (χ0) is 16.4. The molecule has 24 heavy (non-hydrogen) atoms. The van der Waals surface area contributed by atoms with Gasteiger partial charge in [-0.1, -0.05) is 12.1 Å². The van der Waals surface area contributed by atoms with Crippen LogP contribution < -0.4 is 10.1 Å². The molecule has 1 N–H and O–H groups in total. The van der Waals surface area contributed by atoms with Crippen LogP contribution in [0.2, 0.25) is 0 Å². The van der Waals surface area contributed by atoms with Gasteiger partial charge < -0.3 is 19.0 Å². The van der Waals surface area contributed by atoms with E-state index in [4.69, 9.17) is 14.1 Å². The van der Waals surface area contributed by atoms with Crippen molar-refractivity contribution in [2.75, 3.05) is 13.7 Å². The number of hydrogen-bond acceptors (Lipinski definition) is 4. The number of methoxy groups -OCH3 is 1. The lowest BCUT2D eigenvalue weighted by Gasteiger charge is -2.11. The SMILES string of the molecule is COc1cccc2cc(CNCCc3cn4c(n3)CCCC4)oc12. The van der Waals surface area contributed by atoms with Crippen LogP contribution in [0.25, 0.3) is 11.0 Å². The zero-order valence-corrected chi connectivity index (χ0v) is 14.0. The van der Waals surface area contributed by atoms with Crippen molar-refractivity contribution in [2.45, 2.75) is 38.8 Å². The minimum Gasteiger partial charge on any atom is -0.493 e. The fourth-order valence-corrected chi connectivity index (χ4v) is 3.36. The molecule has 2 aromatic heterocycles. The highest BCUT2D eigenvalue weighted by molar-refractivity contribution is 5.83. The number of aryl methyl sites for hydroxylation is 2. The lowest BCUT2D eigenvalue weighted by Crippen LogP contribution is -2.16. The van der Waals surface area contributed by atoms with E-state index in [1.165, 1.54) is 24.4 Å². The third-order valence-electron chi connectivity index (χ3n) is 4.59. The van der Waals surface area contributed by atoms with Crippen LogP contribution in [-0.2, 0) is 25.9 Å². The monoisotopic (exact) mass is 325 g/mol. The maximum atomic E-state index is 5.90. The van der Waals surface area contributed by atoms with Crippen LogP contribution in [0.3, 0.4) is 0 Å². The highest BCUT2D eigenvalue weighted by Crippen LogP contribution is 2.28. The molecule has 0 bridgehead atoms. The van der Waals surface area contributed by atoms with Crippen molar-refractivity contribution in [3.8, 4) is 5.75 Å². The van der Waals surface area contributed by atoms with Gasteiger partial charge in [0.05, 0.1) is 19.3 Å². The second kappa shape index (κ2) is 6.69. The van der Waals surface area contributed by atoms with Gasteiger partial charge in [-0.2, -0.15) is 0 Å². The van der Waals surface area contributed by atoms with Gasteiger partial charge in [0.1, 0.15) is 11.6 Å². The number of nitrogens with one attached hydrogen (secondary N) is 1. The molecule has 0 aliphatic carbocycles. The average Bonchev–Trinajstić information content (AvgIpc) is 3.21. The quantitative estimate of drug-likeness (QED) is 0.707. The Bertz CT molecular complexity index is 811. The molecule has 0 atom stereocenters. The van der Waals surface area contributed by atoms with Crippen molar-refractivity contribution < 1.29 is 9.15 Å². The number of para-hydroxylation sites is 1.